The summed E-state index contributed by atoms with van der Waals surface area (Å²) in [4.78, 5) is 11.8. The van der Waals surface area contributed by atoms with Gasteiger partial charge in [-0.05, 0) is 42.3 Å². The molecule has 2 aromatic rings. The Bertz CT molecular complexity index is 600. The van der Waals surface area contributed by atoms with Crippen molar-refractivity contribution in [2.24, 2.45) is 0 Å². The topological polar surface area (TPSA) is 26.3 Å². The zero-order valence-corrected chi connectivity index (χ0v) is 11.5. The third-order valence-electron chi connectivity index (χ3n) is 2.92. The summed E-state index contributed by atoms with van der Waals surface area (Å²) in [5.41, 5.74) is 1.44. The van der Waals surface area contributed by atoms with Crippen LogP contribution in [0.25, 0.3) is 0 Å². The number of hydrogen-bond acceptors (Lipinski definition) is 2. The molecule has 0 heterocycles. The van der Waals surface area contributed by atoms with Gasteiger partial charge in [0, 0.05) is 5.57 Å². The molecule has 0 saturated heterocycles. The first-order valence-corrected chi connectivity index (χ1v) is 6.35. The van der Waals surface area contributed by atoms with Crippen LogP contribution in [-0.4, -0.2) is 5.97 Å². The fourth-order valence-electron chi connectivity index (χ4n) is 1.81. The van der Waals surface area contributed by atoms with Crippen LogP contribution >= 0.6 is 0 Å². The zero-order valence-electron chi connectivity index (χ0n) is 11.5. The second kappa shape index (κ2) is 6.31. The minimum absolute atomic E-state index is 0.254. The lowest BCUT2D eigenvalue weighted by atomic mass is 10.0. The van der Waals surface area contributed by atoms with E-state index in [1.165, 1.54) is 55.5 Å². The van der Waals surface area contributed by atoms with Crippen LogP contribution in [-0.2, 0) is 9.53 Å². The van der Waals surface area contributed by atoms with Crippen molar-refractivity contribution in [3.63, 3.8) is 0 Å². The third kappa shape index (κ3) is 3.75. The monoisotopic (exact) mass is 288 g/mol. The number of carbonyl (C=O) groups excluding carboxylic acids is 1. The summed E-state index contributed by atoms with van der Waals surface area (Å²) in [6.45, 7) is 5.07. The van der Waals surface area contributed by atoms with Crippen LogP contribution in [0.1, 0.15) is 24.2 Å². The molecule has 4 heteroatoms. The molecule has 0 spiro atoms. The van der Waals surface area contributed by atoms with E-state index in [1.54, 1.807) is 0 Å². The predicted octanol–water partition coefficient (Wildman–Crippen LogP) is 4.17. The van der Waals surface area contributed by atoms with Crippen LogP contribution < -0.4 is 0 Å². The van der Waals surface area contributed by atoms with E-state index in [0.717, 1.165) is 0 Å². The van der Waals surface area contributed by atoms with Gasteiger partial charge < -0.3 is 4.74 Å². The molecule has 2 rings (SSSR count). The lowest BCUT2D eigenvalue weighted by Crippen LogP contribution is -2.13. The summed E-state index contributed by atoms with van der Waals surface area (Å²) in [5.74, 6) is -1.33. The zero-order chi connectivity index (χ0) is 15.4. The summed E-state index contributed by atoms with van der Waals surface area (Å²) in [5, 5.41) is 0. The van der Waals surface area contributed by atoms with Crippen LogP contribution in [0.5, 0.6) is 0 Å². The van der Waals surface area contributed by atoms with Crippen LogP contribution in [0.4, 0.5) is 8.78 Å². The predicted molar refractivity (Wildman–Crippen MR) is 75.5 cm³/mol. The van der Waals surface area contributed by atoms with Crippen molar-refractivity contribution in [3.8, 4) is 0 Å². The molecule has 0 aliphatic heterocycles. The summed E-state index contributed by atoms with van der Waals surface area (Å²) in [6.07, 6.45) is -0.740. The highest BCUT2D eigenvalue weighted by atomic mass is 19.1. The highest BCUT2D eigenvalue weighted by Crippen LogP contribution is 2.27. The molecule has 2 nitrogen and oxygen atoms in total. The Morgan fingerprint density at radius 2 is 1.33 bits per heavy atom. The molecular formula is C17H14F2O2. The minimum atomic E-state index is -0.740. The first kappa shape index (κ1) is 14.9. The molecule has 0 aliphatic carbocycles. The SMILES string of the molecule is C=C(C)C(=O)OC(c1ccc(F)cc1)c1ccc(F)cc1. The number of halogens is 2. The molecule has 0 N–H and O–H groups in total. The lowest BCUT2D eigenvalue weighted by Gasteiger charge is -2.19. The van der Waals surface area contributed by atoms with Crippen LogP contribution in [0.2, 0.25) is 0 Å². The summed E-state index contributed by atoms with van der Waals surface area (Å²) in [7, 11) is 0. The van der Waals surface area contributed by atoms with E-state index in [9.17, 15) is 13.6 Å². The molecule has 0 fully saturated rings. The molecular weight excluding hydrogens is 274 g/mol. The third-order valence-corrected chi connectivity index (χ3v) is 2.92. The van der Waals surface area contributed by atoms with Crippen molar-refractivity contribution in [1.82, 2.24) is 0 Å². The van der Waals surface area contributed by atoms with E-state index in [-0.39, 0.29) is 17.2 Å². The first-order chi connectivity index (χ1) is 9.97. The van der Waals surface area contributed by atoms with E-state index in [0.29, 0.717) is 11.1 Å². The van der Waals surface area contributed by atoms with Gasteiger partial charge in [-0.15, -0.1) is 0 Å². The maximum Gasteiger partial charge on any atom is 0.334 e. The van der Waals surface area contributed by atoms with Gasteiger partial charge in [-0.1, -0.05) is 30.8 Å². The smallest absolute Gasteiger partial charge is 0.334 e. The van der Waals surface area contributed by atoms with E-state index < -0.39 is 12.1 Å². The van der Waals surface area contributed by atoms with Crippen LogP contribution in [0.15, 0.2) is 60.7 Å². The van der Waals surface area contributed by atoms with E-state index >= 15 is 0 Å². The molecule has 0 amide bonds. The van der Waals surface area contributed by atoms with Gasteiger partial charge in [0.25, 0.3) is 0 Å². The molecule has 108 valence electrons. The van der Waals surface area contributed by atoms with Crippen molar-refractivity contribution >= 4 is 5.97 Å². The van der Waals surface area contributed by atoms with Gasteiger partial charge in [-0.25, -0.2) is 13.6 Å². The number of carbonyl (C=O) groups is 1. The van der Waals surface area contributed by atoms with Gasteiger partial charge >= 0.3 is 5.97 Å². The molecule has 0 aliphatic rings. The summed E-state index contributed by atoms with van der Waals surface area (Å²) in [6, 6.07) is 11.2. The fourth-order valence-corrected chi connectivity index (χ4v) is 1.81. The van der Waals surface area contributed by atoms with Gasteiger partial charge in [0.2, 0.25) is 0 Å². The quantitative estimate of drug-likeness (QED) is 0.623. The van der Waals surface area contributed by atoms with Gasteiger partial charge in [0.05, 0.1) is 0 Å². The number of esters is 1. The van der Waals surface area contributed by atoms with Gasteiger partial charge in [-0.2, -0.15) is 0 Å². The van der Waals surface area contributed by atoms with Gasteiger partial charge in [0.15, 0.2) is 6.10 Å². The Labute approximate surface area is 121 Å². The Hall–Kier alpha value is -2.49. The van der Waals surface area contributed by atoms with E-state index in [2.05, 4.69) is 6.58 Å². The molecule has 0 radical (unpaired) electrons. The number of rotatable bonds is 4. The molecule has 0 unspecified atom stereocenters. The Balaban J connectivity index is 2.38. The molecule has 2 aromatic carbocycles. The van der Waals surface area contributed by atoms with Gasteiger partial charge in [0.1, 0.15) is 11.6 Å². The van der Waals surface area contributed by atoms with Crippen molar-refractivity contribution < 1.29 is 18.3 Å². The molecule has 0 bridgehead atoms. The second-order valence-corrected chi connectivity index (χ2v) is 4.67. The summed E-state index contributed by atoms with van der Waals surface area (Å²) >= 11 is 0. The molecule has 0 atom stereocenters. The maximum absolute atomic E-state index is 13.0. The second-order valence-electron chi connectivity index (χ2n) is 4.67. The fraction of sp³-hybridized carbons (Fsp3) is 0.118. The average molecular weight is 288 g/mol. The lowest BCUT2D eigenvalue weighted by molar-refractivity contribution is -0.142. The summed E-state index contributed by atoms with van der Waals surface area (Å²) < 4.78 is 31.4. The maximum atomic E-state index is 13.0. The first-order valence-electron chi connectivity index (χ1n) is 6.35. The van der Waals surface area contributed by atoms with E-state index in [4.69, 9.17) is 4.74 Å². The number of benzene rings is 2. The Morgan fingerprint density at radius 3 is 1.67 bits per heavy atom. The highest BCUT2D eigenvalue weighted by Gasteiger charge is 2.19. The standard InChI is InChI=1S/C17H14F2O2/c1-11(2)17(20)21-16(12-3-7-14(18)8-4-12)13-5-9-15(19)10-6-13/h3-10,16H,1H2,2H3. The van der Waals surface area contributed by atoms with Crippen molar-refractivity contribution in [1.29, 1.82) is 0 Å². The Kier molecular flexibility index (Phi) is 4.48. The van der Waals surface area contributed by atoms with Crippen molar-refractivity contribution in [2.75, 3.05) is 0 Å². The minimum Gasteiger partial charge on any atom is -0.449 e. The number of hydrogen-bond donors (Lipinski definition) is 0. The number of ether oxygens (including phenoxy) is 1. The molecule has 21 heavy (non-hydrogen) atoms. The van der Waals surface area contributed by atoms with E-state index in [1.807, 2.05) is 0 Å². The van der Waals surface area contributed by atoms with Crippen molar-refractivity contribution in [3.05, 3.63) is 83.4 Å². The van der Waals surface area contributed by atoms with Crippen LogP contribution in [0, 0.1) is 11.6 Å². The average Bonchev–Trinajstić information content (AvgIpc) is 2.46. The highest BCUT2D eigenvalue weighted by molar-refractivity contribution is 5.87. The molecule has 0 saturated carbocycles. The van der Waals surface area contributed by atoms with Gasteiger partial charge in [-0.3, -0.25) is 0 Å². The molecule has 0 aromatic heterocycles. The van der Waals surface area contributed by atoms with Crippen molar-refractivity contribution in [2.45, 2.75) is 13.0 Å². The van der Waals surface area contributed by atoms with Crippen LogP contribution in [0.3, 0.4) is 0 Å². The largest absolute Gasteiger partial charge is 0.449 e. The Morgan fingerprint density at radius 1 is 0.952 bits per heavy atom. The normalized spacial score (nSPS) is 10.5.